The van der Waals surface area contributed by atoms with Crippen molar-refractivity contribution in [3.05, 3.63) is 65.9 Å². The molecule has 8 nitrogen and oxygen atoms in total. The Labute approximate surface area is 208 Å². The first-order chi connectivity index (χ1) is 15.9. The molecule has 0 bridgehead atoms. The number of nitrogens with zero attached hydrogens (tertiary/aromatic N) is 2. The van der Waals surface area contributed by atoms with Crippen LogP contribution in [-0.2, 0) is 14.3 Å². The molecule has 3 aromatic rings. The lowest BCUT2D eigenvalue weighted by Gasteiger charge is -2.16. The van der Waals surface area contributed by atoms with Gasteiger partial charge in [-0.15, -0.1) is 12.4 Å². The Hall–Kier alpha value is -3.43. The highest BCUT2D eigenvalue weighted by molar-refractivity contribution is 7.18. The Morgan fingerprint density at radius 3 is 2.53 bits per heavy atom. The largest absolute Gasteiger partial charge is 0.466 e. The second kappa shape index (κ2) is 12.7. The fourth-order valence-electron chi connectivity index (χ4n) is 3.44. The number of guanidine groups is 1. The third-order valence-electron chi connectivity index (χ3n) is 4.84. The van der Waals surface area contributed by atoms with Gasteiger partial charge in [0.1, 0.15) is 0 Å². The molecule has 0 saturated heterocycles. The van der Waals surface area contributed by atoms with Crippen molar-refractivity contribution in [3.63, 3.8) is 0 Å². The van der Waals surface area contributed by atoms with Crippen molar-refractivity contribution < 1.29 is 14.3 Å². The predicted molar refractivity (Wildman–Crippen MR) is 139 cm³/mol. The number of anilines is 1. The summed E-state index contributed by atoms with van der Waals surface area (Å²) < 4.78 is 5.10. The molecule has 1 atom stereocenters. The lowest BCUT2D eigenvalue weighted by Crippen LogP contribution is -2.21. The summed E-state index contributed by atoms with van der Waals surface area (Å²) in [4.78, 5) is 34.2. The number of carbonyl (C=O) groups is 2. The van der Waals surface area contributed by atoms with Crippen LogP contribution in [0.15, 0.2) is 59.6 Å². The third-order valence-corrected chi connectivity index (χ3v) is 5.94. The molecule has 10 heteroatoms. The maximum absolute atomic E-state index is 12.9. The minimum absolute atomic E-state index is 0. The van der Waals surface area contributed by atoms with Gasteiger partial charge in [0.25, 0.3) is 0 Å². The first kappa shape index (κ1) is 26.8. The number of rotatable bonds is 9. The number of aryl methyl sites for hydroxylation is 1. The summed E-state index contributed by atoms with van der Waals surface area (Å²) in [6.07, 6.45) is 0.292. The van der Waals surface area contributed by atoms with Crippen LogP contribution >= 0.6 is 23.7 Å². The summed E-state index contributed by atoms with van der Waals surface area (Å²) >= 11 is 1.37. The van der Waals surface area contributed by atoms with E-state index in [9.17, 15) is 9.59 Å². The fourth-order valence-corrected chi connectivity index (χ4v) is 4.39. The SMILES string of the molecule is CCOC(=O)CC(CC(=O)Nc1cccc(-c2sc(N=C(N)N)nc2C)c1)c1ccccc1.Cl. The highest BCUT2D eigenvalue weighted by Gasteiger charge is 2.21. The topological polar surface area (TPSA) is 133 Å². The molecule has 0 saturated carbocycles. The van der Waals surface area contributed by atoms with Crippen molar-refractivity contribution in [3.8, 4) is 10.4 Å². The number of hydrogen-bond acceptors (Lipinski definition) is 6. The minimum atomic E-state index is -0.321. The number of thiazole rings is 1. The monoisotopic (exact) mass is 501 g/mol. The average Bonchev–Trinajstić information content (AvgIpc) is 3.13. The summed E-state index contributed by atoms with van der Waals surface area (Å²) in [6.45, 7) is 3.95. The number of aliphatic imine (C=N–C) groups is 1. The van der Waals surface area contributed by atoms with Gasteiger partial charge < -0.3 is 21.5 Å². The Balaban J connectivity index is 0.00000408. The molecular weight excluding hydrogens is 474 g/mol. The van der Waals surface area contributed by atoms with E-state index in [4.69, 9.17) is 16.2 Å². The van der Waals surface area contributed by atoms with Crippen LogP contribution in [0.5, 0.6) is 0 Å². The molecule has 2 aromatic carbocycles. The van der Waals surface area contributed by atoms with Crippen LogP contribution in [0.2, 0.25) is 0 Å². The third kappa shape index (κ3) is 7.57. The second-order valence-corrected chi connectivity index (χ2v) is 8.38. The lowest BCUT2D eigenvalue weighted by atomic mass is 9.92. The van der Waals surface area contributed by atoms with Gasteiger partial charge in [-0.25, -0.2) is 4.98 Å². The van der Waals surface area contributed by atoms with Crippen molar-refractivity contribution >= 4 is 52.4 Å². The number of esters is 1. The number of nitrogens with two attached hydrogens (primary N) is 2. The first-order valence-electron chi connectivity index (χ1n) is 10.5. The van der Waals surface area contributed by atoms with E-state index < -0.39 is 0 Å². The zero-order chi connectivity index (χ0) is 23.8. The number of carbonyl (C=O) groups excluding carboxylic acids is 2. The first-order valence-corrected chi connectivity index (χ1v) is 11.3. The molecular formula is C24H28ClN5O3S. The van der Waals surface area contributed by atoms with E-state index in [2.05, 4.69) is 15.3 Å². The van der Waals surface area contributed by atoms with Gasteiger partial charge in [-0.2, -0.15) is 4.99 Å². The van der Waals surface area contributed by atoms with Gasteiger partial charge in [-0.3, -0.25) is 9.59 Å². The fraction of sp³-hybridized carbons (Fsp3) is 0.250. The van der Waals surface area contributed by atoms with Crippen molar-refractivity contribution in [2.24, 2.45) is 16.5 Å². The van der Waals surface area contributed by atoms with Gasteiger partial charge >= 0.3 is 5.97 Å². The van der Waals surface area contributed by atoms with Gasteiger partial charge in [0.05, 0.1) is 23.6 Å². The molecule has 180 valence electrons. The van der Waals surface area contributed by atoms with Crippen LogP contribution in [-0.4, -0.2) is 29.4 Å². The molecule has 1 heterocycles. The zero-order valence-electron chi connectivity index (χ0n) is 19.0. The normalized spacial score (nSPS) is 11.1. The summed E-state index contributed by atoms with van der Waals surface area (Å²) in [5, 5.41) is 3.42. The Kier molecular flexibility index (Phi) is 10.0. The molecule has 1 amide bonds. The number of aromatic nitrogens is 1. The van der Waals surface area contributed by atoms with Crippen LogP contribution in [0.25, 0.3) is 10.4 Å². The Morgan fingerprint density at radius 1 is 1.12 bits per heavy atom. The van der Waals surface area contributed by atoms with Crippen molar-refractivity contribution in [1.82, 2.24) is 4.98 Å². The van der Waals surface area contributed by atoms with E-state index in [1.54, 1.807) is 6.92 Å². The van der Waals surface area contributed by atoms with E-state index in [0.29, 0.717) is 17.4 Å². The predicted octanol–water partition coefficient (Wildman–Crippen LogP) is 4.51. The number of hydrogen-bond donors (Lipinski definition) is 3. The van der Waals surface area contributed by atoms with E-state index in [-0.39, 0.29) is 49.0 Å². The number of ether oxygens (including phenoxy) is 1. The highest BCUT2D eigenvalue weighted by atomic mass is 35.5. The molecule has 3 rings (SSSR count). The molecule has 0 radical (unpaired) electrons. The molecule has 1 unspecified atom stereocenters. The van der Waals surface area contributed by atoms with E-state index >= 15 is 0 Å². The van der Waals surface area contributed by atoms with Crippen LogP contribution < -0.4 is 16.8 Å². The van der Waals surface area contributed by atoms with Crippen LogP contribution in [0.1, 0.15) is 36.9 Å². The van der Waals surface area contributed by atoms with Crippen molar-refractivity contribution in [1.29, 1.82) is 0 Å². The van der Waals surface area contributed by atoms with Crippen LogP contribution in [0, 0.1) is 6.92 Å². The van der Waals surface area contributed by atoms with Gasteiger partial charge in [0.15, 0.2) is 5.96 Å². The Morgan fingerprint density at radius 2 is 1.85 bits per heavy atom. The van der Waals surface area contributed by atoms with E-state index in [1.807, 2.05) is 61.5 Å². The van der Waals surface area contributed by atoms with E-state index in [1.165, 1.54) is 11.3 Å². The standard InChI is InChI=1S/C24H27N5O3S.ClH/c1-3-32-21(31)14-18(16-8-5-4-6-9-16)13-20(30)28-19-11-7-10-17(12-19)22-15(2)27-24(33-22)29-23(25)26;/h4-12,18H,3,13-14H2,1-2H3,(H,28,30)(H4,25,26,27,29);1H. The van der Waals surface area contributed by atoms with Gasteiger partial charge in [0.2, 0.25) is 11.0 Å². The number of nitrogens with one attached hydrogen (secondary N) is 1. The lowest BCUT2D eigenvalue weighted by molar-refractivity contribution is -0.143. The highest BCUT2D eigenvalue weighted by Crippen LogP contribution is 2.35. The molecule has 0 aliphatic heterocycles. The molecule has 1 aromatic heterocycles. The van der Waals surface area contributed by atoms with E-state index in [0.717, 1.165) is 21.7 Å². The van der Waals surface area contributed by atoms with Gasteiger partial charge in [-0.05, 0) is 37.1 Å². The zero-order valence-corrected chi connectivity index (χ0v) is 20.6. The molecule has 0 fully saturated rings. The number of halogens is 1. The maximum atomic E-state index is 12.9. The molecule has 0 spiro atoms. The van der Waals surface area contributed by atoms with Gasteiger partial charge in [-0.1, -0.05) is 53.8 Å². The number of benzene rings is 2. The van der Waals surface area contributed by atoms with Crippen LogP contribution in [0.3, 0.4) is 0 Å². The smallest absolute Gasteiger partial charge is 0.306 e. The van der Waals surface area contributed by atoms with Crippen LogP contribution in [0.4, 0.5) is 10.8 Å². The molecule has 0 aliphatic carbocycles. The summed E-state index contributed by atoms with van der Waals surface area (Å²) in [5.74, 6) is -0.836. The maximum Gasteiger partial charge on any atom is 0.306 e. The molecule has 5 N–H and O–H groups in total. The van der Waals surface area contributed by atoms with Crippen molar-refractivity contribution in [2.75, 3.05) is 11.9 Å². The quantitative estimate of drug-likeness (QED) is 0.224. The summed E-state index contributed by atoms with van der Waals surface area (Å²) in [6, 6.07) is 17.0. The minimum Gasteiger partial charge on any atom is -0.466 e. The van der Waals surface area contributed by atoms with Gasteiger partial charge in [0, 0.05) is 18.0 Å². The van der Waals surface area contributed by atoms with Crippen molar-refractivity contribution in [2.45, 2.75) is 32.6 Å². The Bertz CT molecular complexity index is 1150. The summed E-state index contributed by atoms with van der Waals surface area (Å²) in [5.41, 5.74) is 14.2. The second-order valence-electron chi connectivity index (χ2n) is 7.40. The molecule has 0 aliphatic rings. The number of amides is 1. The molecule has 34 heavy (non-hydrogen) atoms. The average molecular weight is 502 g/mol. The summed E-state index contributed by atoms with van der Waals surface area (Å²) in [7, 11) is 0.